The van der Waals surface area contributed by atoms with Crippen LogP contribution in [-0.4, -0.2) is 43.7 Å². The molecule has 3 heterocycles. The third-order valence-corrected chi connectivity index (χ3v) is 6.59. The number of nitrogens with one attached hydrogen (secondary N) is 1. The Kier molecular flexibility index (Phi) is 5.72. The van der Waals surface area contributed by atoms with Crippen molar-refractivity contribution < 1.29 is 9.53 Å². The SMILES string of the molecule is CCc1ccc(CNC(=O)CN2CCC3(CCOCC3)CC2)s1. The highest BCUT2D eigenvalue weighted by molar-refractivity contribution is 7.11. The molecule has 2 saturated heterocycles. The third-order valence-electron chi connectivity index (χ3n) is 5.36. The number of hydrogen-bond acceptors (Lipinski definition) is 4. The van der Waals surface area contributed by atoms with Gasteiger partial charge in [-0.1, -0.05) is 6.92 Å². The van der Waals surface area contributed by atoms with E-state index < -0.39 is 0 Å². The first kappa shape index (κ1) is 16.9. The van der Waals surface area contributed by atoms with Crippen LogP contribution in [0.25, 0.3) is 0 Å². The van der Waals surface area contributed by atoms with Gasteiger partial charge in [0.1, 0.15) is 0 Å². The fraction of sp³-hybridized carbons (Fsp3) is 0.722. The smallest absolute Gasteiger partial charge is 0.234 e. The van der Waals surface area contributed by atoms with Gasteiger partial charge in [-0.05, 0) is 62.7 Å². The standard InChI is InChI=1S/C18H28N2O2S/c1-2-15-3-4-16(23-15)13-19-17(21)14-20-9-5-18(6-10-20)7-11-22-12-8-18/h3-4H,2,5-14H2,1H3,(H,19,21). The van der Waals surface area contributed by atoms with Crippen LogP contribution < -0.4 is 5.32 Å². The van der Waals surface area contributed by atoms with Gasteiger partial charge in [0, 0.05) is 23.0 Å². The molecule has 0 unspecified atom stereocenters. The van der Waals surface area contributed by atoms with Crippen LogP contribution in [0.2, 0.25) is 0 Å². The van der Waals surface area contributed by atoms with Gasteiger partial charge < -0.3 is 10.1 Å². The number of thiophene rings is 1. The molecule has 128 valence electrons. The third kappa shape index (κ3) is 4.55. The first-order valence-corrected chi connectivity index (χ1v) is 9.65. The molecule has 2 aliphatic rings. The predicted octanol–water partition coefficient (Wildman–Crippen LogP) is 2.82. The summed E-state index contributed by atoms with van der Waals surface area (Å²) in [6, 6.07) is 4.28. The van der Waals surface area contributed by atoms with Gasteiger partial charge in [0.15, 0.2) is 0 Å². The van der Waals surface area contributed by atoms with Crippen molar-refractivity contribution >= 4 is 17.2 Å². The van der Waals surface area contributed by atoms with Crippen LogP contribution >= 0.6 is 11.3 Å². The highest BCUT2D eigenvalue weighted by Gasteiger charge is 2.36. The van der Waals surface area contributed by atoms with Gasteiger partial charge in [0.2, 0.25) is 5.91 Å². The number of amides is 1. The van der Waals surface area contributed by atoms with E-state index >= 15 is 0 Å². The molecular weight excluding hydrogens is 308 g/mol. The molecular formula is C18H28N2O2S. The van der Waals surface area contributed by atoms with Crippen molar-refractivity contribution in [1.82, 2.24) is 10.2 Å². The number of piperidine rings is 1. The number of nitrogens with zero attached hydrogens (tertiary/aromatic N) is 1. The van der Waals surface area contributed by atoms with Gasteiger partial charge in [-0.25, -0.2) is 0 Å². The van der Waals surface area contributed by atoms with Gasteiger partial charge in [0.05, 0.1) is 13.1 Å². The molecule has 0 radical (unpaired) electrons. The molecule has 0 aliphatic carbocycles. The van der Waals surface area contributed by atoms with Crippen molar-refractivity contribution in [2.45, 2.75) is 45.6 Å². The number of hydrogen-bond donors (Lipinski definition) is 1. The van der Waals surface area contributed by atoms with E-state index in [1.54, 1.807) is 11.3 Å². The van der Waals surface area contributed by atoms with Crippen LogP contribution in [0.1, 0.15) is 42.4 Å². The summed E-state index contributed by atoms with van der Waals surface area (Å²) in [5, 5.41) is 3.06. The lowest BCUT2D eigenvalue weighted by Crippen LogP contribution is -2.46. The topological polar surface area (TPSA) is 41.6 Å². The maximum atomic E-state index is 12.2. The molecule has 0 saturated carbocycles. The summed E-state index contributed by atoms with van der Waals surface area (Å²) in [5.74, 6) is 0.152. The molecule has 3 rings (SSSR count). The fourth-order valence-electron chi connectivity index (χ4n) is 3.64. The summed E-state index contributed by atoms with van der Waals surface area (Å²) in [4.78, 5) is 17.1. The van der Waals surface area contributed by atoms with Crippen molar-refractivity contribution in [3.05, 3.63) is 21.9 Å². The zero-order chi connectivity index (χ0) is 16.1. The average molecular weight is 337 g/mol. The number of rotatable bonds is 5. The summed E-state index contributed by atoms with van der Waals surface area (Å²) in [7, 11) is 0. The quantitative estimate of drug-likeness (QED) is 0.899. The summed E-state index contributed by atoms with van der Waals surface area (Å²) < 4.78 is 5.50. The van der Waals surface area contributed by atoms with E-state index in [0.29, 0.717) is 18.5 Å². The van der Waals surface area contributed by atoms with Crippen LogP contribution in [0.4, 0.5) is 0 Å². The van der Waals surface area contributed by atoms with Crippen molar-refractivity contribution in [2.24, 2.45) is 5.41 Å². The van der Waals surface area contributed by atoms with E-state index in [1.165, 1.54) is 35.4 Å². The maximum absolute atomic E-state index is 12.2. The molecule has 1 amide bonds. The summed E-state index contributed by atoms with van der Waals surface area (Å²) >= 11 is 1.80. The molecule has 5 heteroatoms. The summed E-state index contributed by atoms with van der Waals surface area (Å²) in [5.41, 5.74) is 0.499. The molecule has 1 N–H and O–H groups in total. The second kappa shape index (κ2) is 7.77. The molecule has 2 aliphatic heterocycles. The Balaban J connectivity index is 1.39. The molecule has 1 aromatic rings. The van der Waals surface area contributed by atoms with Crippen molar-refractivity contribution in [3.63, 3.8) is 0 Å². The van der Waals surface area contributed by atoms with E-state index in [9.17, 15) is 4.79 Å². The minimum Gasteiger partial charge on any atom is -0.381 e. The number of ether oxygens (including phenoxy) is 1. The number of carbonyl (C=O) groups excluding carboxylic acids is 1. The Hall–Kier alpha value is -0.910. The Labute approximate surface area is 143 Å². The van der Waals surface area contributed by atoms with Crippen LogP contribution in [0.15, 0.2) is 12.1 Å². The highest BCUT2D eigenvalue weighted by atomic mass is 32.1. The molecule has 4 nitrogen and oxygen atoms in total. The zero-order valence-electron chi connectivity index (χ0n) is 14.1. The van der Waals surface area contributed by atoms with Gasteiger partial charge in [0.25, 0.3) is 0 Å². The Bertz CT molecular complexity index is 513. The lowest BCUT2D eigenvalue weighted by molar-refractivity contribution is -0.123. The Morgan fingerprint density at radius 3 is 2.57 bits per heavy atom. The normalized spacial score (nSPS) is 21.4. The first-order valence-electron chi connectivity index (χ1n) is 8.83. The van der Waals surface area contributed by atoms with Crippen molar-refractivity contribution in [1.29, 1.82) is 0 Å². The van der Waals surface area contributed by atoms with E-state index in [-0.39, 0.29) is 5.91 Å². The van der Waals surface area contributed by atoms with Crippen LogP contribution in [0, 0.1) is 5.41 Å². The minimum atomic E-state index is 0.152. The fourth-order valence-corrected chi connectivity index (χ4v) is 4.54. The van der Waals surface area contributed by atoms with E-state index in [2.05, 4.69) is 29.3 Å². The molecule has 0 atom stereocenters. The summed E-state index contributed by atoms with van der Waals surface area (Å²) in [6.07, 6.45) is 5.90. The lowest BCUT2D eigenvalue weighted by atomic mass is 9.72. The number of aryl methyl sites for hydroxylation is 1. The van der Waals surface area contributed by atoms with Crippen LogP contribution in [-0.2, 0) is 22.5 Å². The van der Waals surface area contributed by atoms with E-state index in [4.69, 9.17) is 4.74 Å². The highest BCUT2D eigenvalue weighted by Crippen LogP contribution is 2.40. The molecule has 1 aromatic heterocycles. The number of likely N-dealkylation sites (tertiary alicyclic amines) is 1. The van der Waals surface area contributed by atoms with Crippen molar-refractivity contribution in [3.8, 4) is 0 Å². The van der Waals surface area contributed by atoms with Gasteiger partial charge in [-0.2, -0.15) is 0 Å². The second-order valence-electron chi connectivity index (χ2n) is 6.89. The van der Waals surface area contributed by atoms with Gasteiger partial charge >= 0.3 is 0 Å². The molecule has 1 spiro atoms. The Morgan fingerprint density at radius 2 is 1.91 bits per heavy atom. The molecule has 2 fully saturated rings. The zero-order valence-corrected chi connectivity index (χ0v) is 14.9. The van der Waals surface area contributed by atoms with Crippen LogP contribution in [0.5, 0.6) is 0 Å². The van der Waals surface area contributed by atoms with Crippen molar-refractivity contribution in [2.75, 3.05) is 32.8 Å². The minimum absolute atomic E-state index is 0.152. The Morgan fingerprint density at radius 1 is 1.22 bits per heavy atom. The van der Waals surface area contributed by atoms with Gasteiger partial charge in [-0.3, -0.25) is 9.69 Å². The monoisotopic (exact) mass is 336 g/mol. The van der Waals surface area contributed by atoms with E-state index in [1.807, 2.05) is 0 Å². The first-order chi connectivity index (χ1) is 11.2. The average Bonchev–Trinajstić information content (AvgIpc) is 3.04. The summed E-state index contributed by atoms with van der Waals surface area (Å²) in [6.45, 7) is 7.30. The number of carbonyl (C=O) groups is 1. The predicted molar refractivity (Wildman–Crippen MR) is 93.7 cm³/mol. The molecule has 0 bridgehead atoms. The van der Waals surface area contributed by atoms with Crippen LogP contribution in [0.3, 0.4) is 0 Å². The van der Waals surface area contributed by atoms with Gasteiger partial charge in [-0.15, -0.1) is 11.3 Å². The lowest BCUT2D eigenvalue weighted by Gasteiger charge is -2.43. The second-order valence-corrected chi connectivity index (χ2v) is 8.14. The molecule has 0 aromatic carbocycles. The van der Waals surface area contributed by atoms with E-state index in [0.717, 1.165) is 32.7 Å². The maximum Gasteiger partial charge on any atom is 0.234 e. The molecule has 23 heavy (non-hydrogen) atoms. The largest absolute Gasteiger partial charge is 0.381 e.